The number of hydrogen-bond donors (Lipinski definition) is 2. The van der Waals surface area contributed by atoms with Crippen LogP contribution in [0.4, 0.5) is 5.69 Å². The summed E-state index contributed by atoms with van der Waals surface area (Å²) in [6.07, 6.45) is 1.84. The third kappa shape index (κ3) is 4.92. The van der Waals surface area contributed by atoms with Crippen molar-refractivity contribution in [3.05, 3.63) is 59.1 Å². The molecule has 0 spiro atoms. The Morgan fingerprint density at radius 2 is 1.93 bits per heavy atom. The van der Waals surface area contributed by atoms with Crippen LogP contribution in [0.5, 0.6) is 5.75 Å². The van der Waals surface area contributed by atoms with Crippen LogP contribution in [0.25, 0.3) is 0 Å². The van der Waals surface area contributed by atoms with Gasteiger partial charge in [0.25, 0.3) is 11.8 Å². The fraction of sp³-hybridized carbons (Fsp3) is 0.300. The predicted molar refractivity (Wildman–Crippen MR) is 105 cm³/mol. The topological polar surface area (TPSA) is 84.7 Å². The van der Waals surface area contributed by atoms with Gasteiger partial charge < -0.3 is 20.7 Å². The minimum atomic E-state index is -0.590. The molecule has 0 aromatic heterocycles. The minimum Gasteiger partial charge on any atom is -0.483 e. The number of primary amides is 1. The molecule has 1 atom stereocenters. The molecule has 0 aliphatic carbocycles. The zero-order valence-electron chi connectivity index (χ0n) is 14.9. The van der Waals surface area contributed by atoms with Crippen molar-refractivity contribution in [1.29, 1.82) is 0 Å². The molecule has 2 aromatic carbocycles. The average molecular weight is 388 g/mol. The molecule has 3 N–H and O–H groups in total. The molecule has 0 bridgehead atoms. The summed E-state index contributed by atoms with van der Waals surface area (Å²) < 4.78 is 5.35. The Morgan fingerprint density at radius 1 is 1.19 bits per heavy atom. The Kier molecular flexibility index (Phi) is 6.19. The average Bonchev–Trinajstić information content (AvgIpc) is 2.67. The number of benzene rings is 2. The molecular weight excluding hydrogens is 366 g/mol. The minimum absolute atomic E-state index is 0.00767. The first-order valence-corrected chi connectivity index (χ1v) is 9.23. The van der Waals surface area contributed by atoms with Gasteiger partial charge in [0.2, 0.25) is 0 Å². The lowest BCUT2D eigenvalue weighted by molar-refractivity contribution is -0.119. The number of nitrogens with zero attached hydrogens (tertiary/aromatic N) is 1. The van der Waals surface area contributed by atoms with Crippen molar-refractivity contribution in [3.63, 3.8) is 0 Å². The maximum Gasteiger partial charge on any atom is 0.255 e. The van der Waals surface area contributed by atoms with Gasteiger partial charge in [-0.15, -0.1) is 0 Å². The molecule has 6 nitrogen and oxygen atoms in total. The smallest absolute Gasteiger partial charge is 0.255 e. The second-order valence-electron chi connectivity index (χ2n) is 6.46. The number of anilines is 1. The molecule has 2 aromatic rings. The van der Waals surface area contributed by atoms with Gasteiger partial charge in [-0.1, -0.05) is 35.9 Å². The Labute approximate surface area is 163 Å². The van der Waals surface area contributed by atoms with Crippen molar-refractivity contribution in [2.24, 2.45) is 5.73 Å². The molecule has 142 valence electrons. The first kappa shape index (κ1) is 19.0. The van der Waals surface area contributed by atoms with Gasteiger partial charge in [0.15, 0.2) is 6.61 Å². The molecule has 2 amide bonds. The predicted octanol–water partition coefficient (Wildman–Crippen LogP) is 2.60. The van der Waals surface area contributed by atoms with Crippen molar-refractivity contribution in [2.45, 2.75) is 18.9 Å². The van der Waals surface area contributed by atoms with E-state index in [9.17, 15) is 9.59 Å². The van der Waals surface area contributed by atoms with Gasteiger partial charge in [-0.2, -0.15) is 0 Å². The van der Waals surface area contributed by atoms with E-state index in [4.69, 9.17) is 22.1 Å². The number of carbonyl (C=O) groups excluding carboxylic acids is 2. The zero-order valence-corrected chi connectivity index (χ0v) is 15.6. The highest BCUT2D eigenvalue weighted by Crippen LogP contribution is 2.28. The van der Waals surface area contributed by atoms with E-state index in [0.29, 0.717) is 22.9 Å². The molecule has 1 aliphatic rings. The largest absolute Gasteiger partial charge is 0.483 e. The van der Waals surface area contributed by atoms with Crippen LogP contribution in [0.15, 0.2) is 48.5 Å². The number of hydrogen-bond acceptors (Lipinski definition) is 4. The molecule has 1 saturated heterocycles. The van der Waals surface area contributed by atoms with Crippen LogP contribution in [0.1, 0.15) is 23.2 Å². The van der Waals surface area contributed by atoms with Gasteiger partial charge in [-0.25, -0.2) is 0 Å². The van der Waals surface area contributed by atoms with E-state index < -0.39 is 5.91 Å². The monoisotopic (exact) mass is 387 g/mol. The summed E-state index contributed by atoms with van der Waals surface area (Å²) in [7, 11) is 0. The summed E-state index contributed by atoms with van der Waals surface area (Å²) in [5, 5.41) is 3.77. The number of carbonyl (C=O) groups is 2. The second-order valence-corrected chi connectivity index (χ2v) is 6.87. The molecule has 3 rings (SSSR count). The van der Waals surface area contributed by atoms with Crippen LogP contribution in [0.2, 0.25) is 5.02 Å². The molecule has 1 aliphatic heterocycles. The first-order chi connectivity index (χ1) is 13.0. The Hall–Kier alpha value is -2.73. The van der Waals surface area contributed by atoms with E-state index in [2.05, 4.69) is 10.2 Å². The maximum atomic E-state index is 12.7. The van der Waals surface area contributed by atoms with E-state index in [1.807, 2.05) is 24.3 Å². The highest BCUT2D eigenvalue weighted by atomic mass is 35.5. The summed E-state index contributed by atoms with van der Waals surface area (Å²) in [6.45, 7) is 1.31. The summed E-state index contributed by atoms with van der Waals surface area (Å²) in [6, 6.07) is 14.5. The highest BCUT2D eigenvalue weighted by molar-refractivity contribution is 6.33. The van der Waals surface area contributed by atoms with Crippen LogP contribution in [-0.2, 0) is 4.79 Å². The molecule has 1 heterocycles. The summed E-state index contributed by atoms with van der Waals surface area (Å²) in [5.74, 6) is -0.485. The third-order valence-electron chi connectivity index (χ3n) is 4.45. The molecule has 1 unspecified atom stereocenters. The van der Waals surface area contributed by atoms with Crippen LogP contribution in [0.3, 0.4) is 0 Å². The lowest BCUT2D eigenvalue weighted by atomic mass is 10.0. The molecule has 1 fully saturated rings. The van der Waals surface area contributed by atoms with Gasteiger partial charge in [0.1, 0.15) is 5.75 Å². The van der Waals surface area contributed by atoms with E-state index in [1.165, 1.54) is 0 Å². The van der Waals surface area contributed by atoms with Gasteiger partial charge in [-0.05, 0) is 37.1 Å². The van der Waals surface area contributed by atoms with Crippen LogP contribution < -0.4 is 20.7 Å². The van der Waals surface area contributed by atoms with E-state index in [-0.39, 0.29) is 18.6 Å². The fourth-order valence-electron chi connectivity index (χ4n) is 3.21. The number of halogens is 1. The summed E-state index contributed by atoms with van der Waals surface area (Å²) >= 11 is 6.30. The molecule has 0 radical (unpaired) electrons. The number of nitrogens with one attached hydrogen (secondary N) is 1. The molecule has 0 saturated carbocycles. The summed E-state index contributed by atoms with van der Waals surface area (Å²) in [4.78, 5) is 25.9. The van der Waals surface area contributed by atoms with Crippen molar-refractivity contribution >= 4 is 29.1 Å². The van der Waals surface area contributed by atoms with Gasteiger partial charge >= 0.3 is 0 Å². The van der Waals surface area contributed by atoms with E-state index in [1.54, 1.807) is 24.3 Å². The lowest BCUT2D eigenvalue weighted by Gasteiger charge is -2.35. The number of para-hydroxylation sites is 2. The standard InChI is InChI=1S/C20H22ClN3O3/c21-16-8-2-3-9-17(16)24-11-5-6-14(12-24)23-20(26)15-7-1-4-10-18(15)27-13-19(22)25/h1-4,7-10,14H,5-6,11-13H2,(H2,22,25)(H,23,26). The van der Waals surface area contributed by atoms with Crippen LogP contribution >= 0.6 is 11.6 Å². The number of piperidine rings is 1. The highest BCUT2D eigenvalue weighted by Gasteiger charge is 2.24. The van der Waals surface area contributed by atoms with Crippen LogP contribution in [-0.4, -0.2) is 37.6 Å². The molecule has 7 heteroatoms. The number of ether oxygens (including phenoxy) is 1. The van der Waals surface area contributed by atoms with Crippen molar-refractivity contribution in [1.82, 2.24) is 5.32 Å². The van der Waals surface area contributed by atoms with Crippen molar-refractivity contribution in [3.8, 4) is 5.75 Å². The SMILES string of the molecule is NC(=O)COc1ccccc1C(=O)NC1CCCN(c2ccccc2Cl)C1. The Bertz CT molecular complexity index is 828. The fourth-order valence-corrected chi connectivity index (χ4v) is 3.47. The normalized spacial score (nSPS) is 16.6. The number of amides is 2. The zero-order chi connectivity index (χ0) is 19.2. The van der Waals surface area contributed by atoms with E-state index >= 15 is 0 Å². The third-order valence-corrected chi connectivity index (χ3v) is 4.77. The Balaban J connectivity index is 1.67. The molecule has 27 heavy (non-hydrogen) atoms. The van der Waals surface area contributed by atoms with Crippen LogP contribution in [0, 0.1) is 0 Å². The molecular formula is C20H22ClN3O3. The summed E-state index contributed by atoms with van der Waals surface area (Å²) in [5.41, 5.74) is 6.48. The van der Waals surface area contributed by atoms with Gasteiger partial charge in [0, 0.05) is 19.1 Å². The maximum absolute atomic E-state index is 12.7. The number of rotatable bonds is 6. The van der Waals surface area contributed by atoms with Crippen molar-refractivity contribution < 1.29 is 14.3 Å². The van der Waals surface area contributed by atoms with Gasteiger partial charge in [-0.3, -0.25) is 9.59 Å². The number of nitrogens with two attached hydrogens (primary N) is 1. The van der Waals surface area contributed by atoms with Crippen molar-refractivity contribution in [2.75, 3.05) is 24.6 Å². The first-order valence-electron chi connectivity index (χ1n) is 8.85. The quantitative estimate of drug-likeness (QED) is 0.797. The Morgan fingerprint density at radius 3 is 2.70 bits per heavy atom. The van der Waals surface area contributed by atoms with Gasteiger partial charge in [0.05, 0.1) is 16.3 Å². The second kappa shape index (κ2) is 8.77. The van der Waals surface area contributed by atoms with E-state index in [0.717, 1.165) is 25.1 Å². The lowest BCUT2D eigenvalue weighted by Crippen LogP contribution is -2.48.